The van der Waals surface area contributed by atoms with Crippen LogP contribution in [0.15, 0.2) is 17.3 Å². The number of anilines is 1. The molecule has 0 spiro atoms. The minimum absolute atomic E-state index is 0.000192. The summed E-state index contributed by atoms with van der Waals surface area (Å²) in [6.07, 6.45) is -2.97. The van der Waals surface area contributed by atoms with E-state index in [0.29, 0.717) is 31.4 Å². The monoisotopic (exact) mass is 421 g/mol. The Labute approximate surface area is 166 Å². The number of hydrogen-bond acceptors (Lipinski definition) is 5. The lowest BCUT2D eigenvalue weighted by Gasteiger charge is -2.21. The molecule has 0 aromatic carbocycles. The lowest BCUT2D eigenvalue weighted by atomic mass is 10.2. The number of rotatable bonds is 5. The number of carbonyl (C=O) groups excluding carboxylic acids is 1. The van der Waals surface area contributed by atoms with E-state index >= 15 is 0 Å². The van der Waals surface area contributed by atoms with E-state index in [1.54, 1.807) is 14.0 Å². The molecule has 2 N–H and O–H groups in total. The first-order valence-electron chi connectivity index (χ1n) is 8.68. The first kappa shape index (κ1) is 22.1. The maximum Gasteiger partial charge on any atom is 0.417 e. The van der Waals surface area contributed by atoms with E-state index in [1.165, 1.54) is 7.11 Å². The van der Waals surface area contributed by atoms with Gasteiger partial charge in [0.1, 0.15) is 5.82 Å². The van der Waals surface area contributed by atoms with Crippen molar-refractivity contribution >= 4 is 29.3 Å². The van der Waals surface area contributed by atoms with E-state index in [4.69, 9.17) is 11.6 Å². The van der Waals surface area contributed by atoms with Crippen molar-refractivity contribution in [3.05, 3.63) is 22.8 Å². The summed E-state index contributed by atoms with van der Waals surface area (Å²) >= 11 is 6.02. The fourth-order valence-electron chi connectivity index (χ4n) is 2.81. The van der Waals surface area contributed by atoms with Crippen LogP contribution in [0.2, 0.25) is 5.02 Å². The van der Waals surface area contributed by atoms with Gasteiger partial charge >= 0.3 is 12.1 Å². The number of esters is 1. The molecule has 1 aliphatic heterocycles. The van der Waals surface area contributed by atoms with Crippen LogP contribution in [0.3, 0.4) is 0 Å². The quantitative estimate of drug-likeness (QED) is 0.431. The molecule has 2 unspecified atom stereocenters. The lowest BCUT2D eigenvalue weighted by molar-refractivity contribution is -0.144. The molecule has 1 aromatic heterocycles. The van der Waals surface area contributed by atoms with Gasteiger partial charge in [-0.15, -0.1) is 0 Å². The van der Waals surface area contributed by atoms with Crippen LogP contribution in [0, 0.1) is 5.92 Å². The van der Waals surface area contributed by atoms with Crippen molar-refractivity contribution in [1.82, 2.24) is 15.6 Å². The minimum atomic E-state index is -4.48. The highest BCUT2D eigenvalue weighted by Gasteiger charge is 2.33. The molecule has 0 aliphatic carbocycles. The number of nitrogens with one attached hydrogen (secondary N) is 2. The number of guanidine groups is 1. The van der Waals surface area contributed by atoms with E-state index in [0.717, 1.165) is 18.7 Å². The average Bonchev–Trinajstić information content (AvgIpc) is 3.11. The van der Waals surface area contributed by atoms with E-state index in [-0.39, 0.29) is 23.0 Å². The van der Waals surface area contributed by atoms with Gasteiger partial charge in [0.25, 0.3) is 0 Å². The summed E-state index contributed by atoms with van der Waals surface area (Å²) in [5, 5.41) is 6.24. The maximum atomic E-state index is 12.8. The highest BCUT2D eigenvalue weighted by atomic mass is 35.5. The Morgan fingerprint density at radius 1 is 1.54 bits per heavy atom. The third kappa shape index (κ3) is 5.63. The third-order valence-electron chi connectivity index (χ3n) is 4.38. The molecule has 11 heteroatoms. The predicted molar refractivity (Wildman–Crippen MR) is 101 cm³/mol. The van der Waals surface area contributed by atoms with Crippen molar-refractivity contribution in [2.75, 3.05) is 38.7 Å². The fourth-order valence-corrected chi connectivity index (χ4v) is 3.10. The fraction of sp³-hybridized carbons (Fsp3) is 0.588. The van der Waals surface area contributed by atoms with Crippen molar-refractivity contribution < 1.29 is 22.7 Å². The van der Waals surface area contributed by atoms with Crippen LogP contribution in [0.4, 0.5) is 19.0 Å². The van der Waals surface area contributed by atoms with Crippen molar-refractivity contribution in [3.63, 3.8) is 0 Å². The van der Waals surface area contributed by atoms with E-state index in [2.05, 4.69) is 25.3 Å². The molecule has 28 heavy (non-hydrogen) atoms. The van der Waals surface area contributed by atoms with E-state index in [9.17, 15) is 18.0 Å². The van der Waals surface area contributed by atoms with Gasteiger partial charge in [-0.05, 0) is 12.5 Å². The molecule has 1 fully saturated rings. The van der Waals surface area contributed by atoms with Gasteiger partial charge in [0, 0.05) is 38.9 Å². The molecule has 2 rings (SSSR count). The van der Waals surface area contributed by atoms with Crippen LogP contribution in [0.1, 0.15) is 18.9 Å². The molecule has 2 heterocycles. The number of alkyl halides is 3. The summed E-state index contributed by atoms with van der Waals surface area (Å²) in [6, 6.07) is 0.888. The van der Waals surface area contributed by atoms with Crippen LogP contribution >= 0.6 is 11.6 Å². The topological polar surface area (TPSA) is 78.8 Å². The molecular weight excluding hydrogens is 399 g/mol. The van der Waals surface area contributed by atoms with Crippen LogP contribution in [-0.2, 0) is 15.7 Å². The molecule has 7 nitrogen and oxygen atoms in total. The summed E-state index contributed by atoms with van der Waals surface area (Å²) in [5.74, 6) is 0.187. The van der Waals surface area contributed by atoms with Crippen molar-refractivity contribution in [2.45, 2.75) is 25.6 Å². The number of methoxy groups -OCH3 is 1. The Hall–Kier alpha value is -2.23. The predicted octanol–water partition coefficient (Wildman–Crippen LogP) is 2.31. The molecule has 0 radical (unpaired) electrons. The Balaban J connectivity index is 1.93. The summed E-state index contributed by atoms with van der Waals surface area (Å²) in [6.45, 7) is 3.19. The highest BCUT2D eigenvalue weighted by Crippen LogP contribution is 2.34. The number of aliphatic imine (C=N–C) groups is 1. The molecular formula is C17H23ClF3N5O2. The Morgan fingerprint density at radius 2 is 2.25 bits per heavy atom. The van der Waals surface area contributed by atoms with E-state index < -0.39 is 11.7 Å². The molecule has 156 valence electrons. The van der Waals surface area contributed by atoms with Crippen LogP contribution in [0.5, 0.6) is 0 Å². The Morgan fingerprint density at radius 3 is 2.82 bits per heavy atom. The molecule has 1 saturated heterocycles. The van der Waals surface area contributed by atoms with Crippen molar-refractivity contribution in [1.29, 1.82) is 0 Å². The second-order valence-electron chi connectivity index (χ2n) is 6.48. The van der Waals surface area contributed by atoms with Crippen molar-refractivity contribution in [3.8, 4) is 0 Å². The van der Waals surface area contributed by atoms with E-state index in [1.807, 2.05) is 4.90 Å². The normalized spacial score (nSPS) is 18.8. The zero-order chi connectivity index (χ0) is 20.9. The van der Waals surface area contributed by atoms with Gasteiger partial charge in [-0.1, -0.05) is 18.5 Å². The number of aromatic nitrogens is 1. The SMILES string of the molecule is CN=C(NCC(C)C(=O)OC)NC1CCN(c2ncc(C(F)(F)F)cc2Cl)C1. The zero-order valence-electron chi connectivity index (χ0n) is 15.8. The maximum absolute atomic E-state index is 12.8. The second-order valence-corrected chi connectivity index (χ2v) is 6.89. The number of ether oxygens (including phenoxy) is 1. The first-order chi connectivity index (χ1) is 13.2. The highest BCUT2D eigenvalue weighted by molar-refractivity contribution is 6.33. The second kappa shape index (κ2) is 9.31. The standard InChI is InChI=1S/C17H23ClF3N5O2/c1-10(15(27)28-3)7-24-16(22-2)25-12-4-5-26(9-12)14-13(18)6-11(8-23-14)17(19,20)21/h6,8,10,12H,4-5,7,9H2,1-3H3,(H2,22,24,25). The van der Waals surface area contributed by atoms with Crippen LogP contribution in [0.25, 0.3) is 0 Å². The molecule has 0 amide bonds. The van der Waals surface area contributed by atoms with Crippen LogP contribution in [-0.4, -0.2) is 56.7 Å². The van der Waals surface area contributed by atoms with Gasteiger partial charge in [0.15, 0.2) is 5.96 Å². The third-order valence-corrected chi connectivity index (χ3v) is 4.66. The van der Waals surface area contributed by atoms with Crippen LogP contribution < -0.4 is 15.5 Å². The van der Waals surface area contributed by atoms with Gasteiger partial charge in [-0.3, -0.25) is 9.79 Å². The average molecular weight is 422 g/mol. The van der Waals surface area contributed by atoms with Gasteiger partial charge in [0.05, 0.1) is 23.6 Å². The van der Waals surface area contributed by atoms with Gasteiger partial charge < -0.3 is 20.3 Å². The molecule has 2 atom stereocenters. The zero-order valence-corrected chi connectivity index (χ0v) is 16.6. The smallest absolute Gasteiger partial charge is 0.417 e. The van der Waals surface area contributed by atoms with Crippen molar-refractivity contribution in [2.24, 2.45) is 10.9 Å². The Bertz CT molecular complexity index is 729. The molecule has 1 aromatic rings. The van der Waals surface area contributed by atoms with Gasteiger partial charge in [-0.25, -0.2) is 4.98 Å². The molecule has 0 saturated carbocycles. The van der Waals surface area contributed by atoms with Gasteiger partial charge in [-0.2, -0.15) is 13.2 Å². The number of nitrogens with zero attached hydrogens (tertiary/aromatic N) is 3. The number of hydrogen-bond donors (Lipinski definition) is 2. The minimum Gasteiger partial charge on any atom is -0.469 e. The Kier molecular flexibility index (Phi) is 7.34. The summed E-state index contributed by atoms with van der Waals surface area (Å²) in [4.78, 5) is 21.3. The lowest BCUT2D eigenvalue weighted by Crippen LogP contribution is -2.46. The molecule has 0 bridgehead atoms. The summed E-state index contributed by atoms with van der Waals surface area (Å²) in [5.41, 5.74) is -0.876. The molecule has 1 aliphatic rings. The number of carbonyl (C=O) groups is 1. The first-order valence-corrected chi connectivity index (χ1v) is 9.06. The summed E-state index contributed by atoms with van der Waals surface area (Å²) in [7, 11) is 2.94. The largest absolute Gasteiger partial charge is 0.469 e. The summed E-state index contributed by atoms with van der Waals surface area (Å²) < 4.78 is 42.9. The van der Waals surface area contributed by atoms with Gasteiger partial charge in [0.2, 0.25) is 0 Å². The number of halogens is 4. The number of pyridine rings is 1.